The maximum absolute atomic E-state index is 12.6. The molecular weight excluding hydrogens is 330 g/mol. The number of hydrogen-bond acceptors (Lipinski definition) is 6. The summed E-state index contributed by atoms with van der Waals surface area (Å²) < 4.78 is 2.96. The number of aromatic nitrogens is 4. The van der Waals surface area contributed by atoms with Crippen LogP contribution in [0, 0.1) is 6.92 Å². The van der Waals surface area contributed by atoms with Gasteiger partial charge in [0.2, 0.25) is 5.91 Å². The standard InChI is InChI=1S/C15H21N5OS2/c1-12-17-18-15(23-12)22-10-14(21)20-7-3-2-4-13(20)5-8-19-9-6-16-11-19/h6,9,11,13H,2-5,7-8,10H2,1H3/t13-/m1/s1. The van der Waals surface area contributed by atoms with Crippen LogP contribution in [0.4, 0.5) is 0 Å². The Morgan fingerprint density at radius 2 is 2.35 bits per heavy atom. The Balaban J connectivity index is 1.53. The van der Waals surface area contributed by atoms with E-state index in [2.05, 4.69) is 24.6 Å². The first-order valence-electron chi connectivity index (χ1n) is 7.90. The molecule has 2 aromatic rings. The molecule has 0 spiro atoms. The zero-order chi connectivity index (χ0) is 16.1. The molecule has 1 saturated heterocycles. The normalized spacial score (nSPS) is 18.3. The van der Waals surface area contributed by atoms with E-state index in [1.807, 2.05) is 19.4 Å². The van der Waals surface area contributed by atoms with Crippen molar-refractivity contribution in [2.24, 2.45) is 0 Å². The van der Waals surface area contributed by atoms with Crippen LogP contribution in [0.5, 0.6) is 0 Å². The van der Waals surface area contributed by atoms with Gasteiger partial charge in [-0.05, 0) is 32.6 Å². The number of hydrogen-bond donors (Lipinski definition) is 0. The number of piperidine rings is 1. The second kappa shape index (κ2) is 7.92. The van der Waals surface area contributed by atoms with Crippen molar-refractivity contribution < 1.29 is 4.79 Å². The molecule has 1 fully saturated rings. The lowest BCUT2D eigenvalue weighted by Crippen LogP contribution is -2.45. The second-order valence-electron chi connectivity index (χ2n) is 5.70. The molecule has 2 aromatic heterocycles. The van der Waals surface area contributed by atoms with Crippen molar-refractivity contribution in [2.45, 2.75) is 49.5 Å². The Hall–Kier alpha value is -1.41. The van der Waals surface area contributed by atoms with Crippen LogP contribution in [0.25, 0.3) is 0 Å². The van der Waals surface area contributed by atoms with Gasteiger partial charge >= 0.3 is 0 Å². The number of aryl methyl sites for hydroxylation is 2. The summed E-state index contributed by atoms with van der Waals surface area (Å²) in [7, 11) is 0. The summed E-state index contributed by atoms with van der Waals surface area (Å²) in [5.74, 6) is 0.675. The number of imidazole rings is 1. The molecule has 0 unspecified atom stereocenters. The molecule has 0 saturated carbocycles. The molecule has 0 radical (unpaired) electrons. The van der Waals surface area contributed by atoms with Crippen molar-refractivity contribution in [1.29, 1.82) is 0 Å². The quantitative estimate of drug-likeness (QED) is 0.749. The van der Waals surface area contributed by atoms with E-state index in [0.717, 1.165) is 41.7 Å². The number of rotatable bonds is 6. The molecule has 1 aliphatic heterocycles. The molecule has 0 bridgehead atoms. The predicted octanol–water partition coefficient (Wildman–Crippen LogP) is 2.61. The Labute approximate surface area is 144 Å². The molecule has 1 amide bonds. The van der Waals surface area contributed by atoms with Crippen LogP contribution in [0.15, 0.2) is 23.1 Å². The summed E-state index contributed by atoms with van der Waals surface area (Å²) >= 11 is 3.04. The fourth-order valence-corrected chi connectivity index (χ4v) is 4.59. The minimum absolute atomic E-state index is 0.221. The molecule has 0 aliphatic carbocycles. The van der Waals surface area contributed by atoms with E-state index in [1.165, 1.54) is 18.2 Å². The first-order chi connectivity index (χ1) is 11.2. The van der Waals surface area contributed by atoms with Crippen LogP contribution in [0.3, 0.4) is 0 Å². The van der Waals surface area contributed by atoms with Gasteiger partial charge in [0.25, 0.3) is 0 Å². The predicted molar refractivity (Wildman–Crippen MR) is 91.6 cm³/mol. The average molecular weight is 352 g/mol. The van der Waals surface area contributed by atoms with Gasteiger partial charge in [-0.3, -0.25) is 4.79 Å². The number of amides is 1. The van der Waals surface area contributed by atoms with Crippen molar-refractivity contribution >= 4 is 29.0 Å². The molecular formula is C15H21N5OS2. The molecule has 8 heteroatoms. The van der Waals surface area contributed by atoms with Crippen molar-refractivity contribution in [2.75, 3.05) is 12.3 Å². The van der Waals surface area contributed by atoms with Crippen LogP contribution in [-0.4, -0.2) is 48.9 Å². The SMILES string of the molecule is Cc1nnc(SCC(=O)N2CCCC[C@@H]2CCn2ccnc2)s1. The van der Waals surface area contributed by atoms with E-state index in [0.29, 0.717) is 11.8 Å². The third kappa shape index (κ3) is 4.54. The summed E-state index contributed by atoms with van der Waals surface area (Å²) in [6.45, 7) is 3.72. The van der Waals surface area contributed by atoms with Gasteiger partial charge in [-0.25, -0.2) is 4.98 Å². The molecule has 3 heterocycles. The van der Waals surface area contributed by atoms with Crippen molar-refractivity contribution in [1.82, 2.24) is 24.6 Å². The zero-order valence-corrected chi connectivity index (χ0v) is 14.9. The molecule has 3 rings (SSSR count). The van der Waals surface area contributed by atoms with Gasteiger partial charge in [0.15, 0.2) is 4.34 Å². The fourth-order valence-electron chi connectivity index (χ4n) is 2.89. The van der Waals surface area contributed by atoms with Crippen molar-refractivity contribution in [3.05, 3.63) is 23.7 Å². The molecule has 6 nitrogen and oxygen atoms in total. The van der Waals surface area contributed by atoms with E-state index in [4.69, 9.17) is 0 Å². The third-order valence-corrected chi connectivity index (χ3v) is 6.01. The highest BCUT2D eigenvalue weighted by atomic mass is 32.2. The smallest absolute Gasteiger partial charge is 0.233 e. The lowest BCUT2D eigenvalue weighted by Gasteiger charge is -2.36. The maximum atomic E-state index is 12.6. The highest BCUT2D eigenvalue weighted by molar-refractivity contribution is 8.01. The van der Waals surface area contributed by atoms with Crippen LogP contribution in [0.1, 0.15) is 30.7 Å². The first kappa shape index (κ1) is 16.4. The maximum Gasteiger partial charge on any atom is 0.233 e. The van der Waals surface area contributed by atoms with Crippen LogP contribution in [0.2, 0.25) is 0 Å². The molecule has 23 heavy (non-hydrogen) atoms. The average Bonchev–Trinajstić information content (AvgIpc) is 3.22. The van der Waals surface area contributed by atoms with Crippen LogP contribution < -0.4 is 0 Å². The van der Waals surface area contributed by atoms with Gasteiger partial charge in [0.1, 0.15) is 5.01 Å². The highest BCUT2D eigenvalue weighted by Gasteiger charge is 2.26. The lowest BCUT2D eigenvalue weighted by atomic mass is 9.99. The minimum atomic E-state index is 0.221. The number of likely N-dealkylation sites (tertiary alicyclic amines) is 1. The van der Waals surface area contributed by atoms with Gasteiger partial charge in [0, 0.05) is 31.5 Å². The van der Waals surface area contributed by atoms with Gasteiger partial charge < -0.3 is 9.47 Å². The Kier molecular flexibility index (Phi) is 5.66. The molecule has 0 N–H and O–H groups in total. The van der Waals surface area contributed by atoms with Crippen LogP contribution >= 0.6 is 23.1 Å². The molecule has 1 aliphatic rings. The van der Waals surface area contributed by atoms with Crippen LogP contribution in [-0.2, 0) is 11.3 Å². The summed E-state index contributed by atoms with van der Waals surface area (Å²) in [4.78, 5) is 18.7. The van der Waals surface area contributed by atoms with E-state index in [-0.39, 0.29) is 5.91 Å². The Morgan fingerprint density at radius 3 is 3.09 bits per heavy atom. The van der Waals surface area contributed by atoms with E-state index in [1.54, 1.807) is 17.5 Å². The number of nitrogens with zero attached hydrogens (tertiary/aromatic N) is 5. The summed E-state index contributed by atoms with van der Waals surface area (Å²) in [6.07, 6.45) is 10.0. The lowest BCUT2D eigenvalue weighted by molar-refractivity contribution is -0.132. The van der Waals surface area contributed by atoms with Gasteiger partial charge in [-0.2, -0.15) is 0 Å². The van der Waals surface area contributed by atoms with E-state index < -0.39 is 0 Å². The Morgan fingerprint density at radius 1 is 1.43 bits per heavy atom. The minimum Gasteiger partial charge on any atom is -0.339 e. The first-order valence-corrected chi connectivity index (χ1v) is 9.70. The largest absolute Gasteiger partial charge is 0.339 e. The summed E-state index contributed by atoms with van der Waals surface area (Å²) in [6, 6.07) is 0.343. The number of carbonyl (C=O) groups is 1. The molecule has 124 valence electrons. The second-order valence-corrected chi connectivity index (χ2v) is 8.11. The number of thioether (sulfide) groups is 1. The third-order valence-electron chi connectivity index (χ3n) is 4.05. The van der Waals surface area contributed by atoms with Gasteiger partial charge in [0.05, 0.1) is 12.1 Å². The fraction of sp³-hybridized carbons (Fsp3) is 0.600. The van der Waals surface area contributed by atoms with Gasteiger partial charge in [-0.1, -0.05) is 23.1 Å². The van der Waals surface area contributed by atoms with E-state index in [9.17, 15) is 4.79 Å². The number of carbonyl (C=O) groups excluding carboxylic acids is 1. The molecule has 1 atom stereocenters. The Bertz CT molecular complexity index is 628. The topological polar surface area (TPSA) is 63.9 Å². The summed E-state index contributed by atoms with van der Waals surface area (Å²) in [5.41, 5.74) is 0. The molecule has 0 aromatic carbocycles. The zero-order valence-electron chi connectivity index (χ0n) is 13.2. The van der Waals surface area contributed by atoms with E-state index >= 15 is 0 Å². The highest BCUT2D eigenvalue weighted by Crippen LogP contribution is 2.25. The van der Waals surface area contributed by atoms with Crippen molar-refractivity contribution in [3.63, 3.8) is 0 Å². The monoisotopic (exact) mass is 351 g/mol. The van der Waals surface area contributed by atoms with Gasteiger partial charge in [-0.15, -0.1) is 10.2 Å². The van der Waals surface area contributed by atoms with Crippen molar-refractivity contribution in [3.8, 4) is 0 Å². The summed E-state index contributed by atoms with van der Waals surface area (Å²) in [5, 5.41) is 9.01.